The van der Waals surface area contributed by atoms with Gasteiger partial charge in [0.25, 0.3) is 5.91 Å². The zero-order valence-electron chi connectivity index (χ0n) is 16.7. The molecule has 4 rings (SSSR count). The van der Waals surface area contributed by atoms with Crippen LogP contribution in [0.5, 0.6) is 0 Å². The lowest BCUT2D eigenvalue weighted by Gasteiger charge is -2.25. The van der Waals surface area contributed by atoms with E-state index in [1.807, 2.05) is 61.5 Å². The molecule has 0 unspecified atom stereocenters. The molecule has 0 aromatic heterocycles. The second-order valence-corrected chi connectivity index (χ2v) is 8.08. The van der Waals surface area contributed by atoms with Crippen molar-refractivity contribution in [3.63, 3.8) is 0 Å². The predicted octanol–water partition coefficient (Wildman–Crippen LogP) is 2.91. The van der Waals surface area contributed by atoms with Crippen molar-refractivity contribution in [3.05, 3.63) is 65.7 Å². The number of nitrogens with zero attached hydrogens (tertiary/aromatic N) is 2. The van der Waals surface area contributed by atoms with Crippen LogP contribution >= 0.6 is 0 Å². The van der Waals surface area contributed by atoms with Gasteiger partial charge in [0.1, 0.15) is 12.1 Å². The summed E-state index contributed by atoms with van der Waals surface area (Å²) in [4.78, 5) is 41.3. The first kappa shape index (κ1) is 19.2. The highest BCUT2D eigenvalue weighted by Crippen LogP contribution is 2.32. The number of benzene rings is 2. The van der Waals surface area contributed by atoms with Crippen LogP contribution in [0.2, 0.25) is 0 Å². The molecule has 0 aliphatic carbocycles. The molecule has 0 radical (unpaired) electrons. The van der Waals surface area contributed by atoms with Crippen LogP contribution in [0.3, 0.4) is 0 Å². The summed E-state index contributed by atoms with van der Waals surface area (Å²) in [6, 6.07) is 17.1. The minimum atomic E-state index is -0.998. The minimum Gasteiger partial charge on any atom is -0.323 e. The number of imide groups is 1. The molecule has 0 saturated carbocycles. The molecule has 1 N–H and O–H groups in total. The molecule has 150 valence electrons. The van der Waals surface area contributed by atoms with Gasteiger partial charge in [-0.05, 0) is 50.3 Å². The number of para-hydroxylation sites is 1. The molecular formula is C23H25N3O3. The highest BCUT2D eigenvalue weighted by molar-refractivity contribution is 6.10. The average molecular weight is 391 g/mol. The lowest BCUT2D eigenvalue weighted by Crippen LogP contribution is -2.47. The zero-order valence-corrected chi connectivity index (χ0v) is 16.7. The van der Waals surface area contributed by atoms with Gasteiger partial charge in [-0.3, -0.25) is 14.5 Å². The van der Waals surface area contributed by atoms with E-state index in [1.165, 1.54) is 0 Å². The number of nitrogens with one attached hydrogen (secondary N) is 1. The van der Waals surface area contributed by atoms with Gasteiger partial charge in [-0.25, -0.2) is 4.79 Å². The van der Waals surface area contributed by atoms with Crippen LogP contribution < -0.4 is 10.2 Å². The molecule has 2 heterocycles. The summed E-state index contributed by atoms with van der Waals surface area (Å²) in [5.74, 6) is -0.579. The van der Waals surface area contributed by atoms with E-state index in [0.717, 1.165) is 28.1 Å². The van der Waals surface area contributed by atoms with E-state index in [0.29, 0.717) is 12.8 Å². The molecule has 29 heavy (non-hydrogen) atoms. The number of anilines is 1. The Morgan fingerprint density at radius 2 is 1.79 bits per heavy atom. The van der Waals surface area contributed by atoms with E-state index >= 15 is 0 Å². The molecule has 2 aromatic rings. The van der Waals surface area contributed by atoms with Crippen molar-refractivity contribution in [3.8, 4) is 0 Å². The monoisotopic (exact) mass is 391 g/mol. The molecule has 2 aliphatic heterocycles. The number of amides is 4. The van der Waals surface area contributed by atoms with E-state index in [4.69, 9.17) is 0 Å². The van der Waals surface area contributed by atoms with Gasteiger partial charge in [0, 0.05) is 11.7 Å². The van der Waals surface area contributed by atoms with E-state index in [2.05, 4.69) is 5.32 Å². The Labute approximate surface area is 170 Å². The van der Waals surface area contributed by atoms with Gasteiger partial charge in [0.2, 0.25) is 5.91 Å². The molecule has 1 saturated heterocycles. The fourth-order valence-electron chi connectivity index (χ4n) is 4.26. The summed E-state index contributed by atoms with van der Waals surface area (Å²) < 4.78 is 0. The third kappa shape index (κ3) is 3.50. The Kier molecular flexibility index (Phi) is 4.86. The molecule has 6 nitrogen and oxygen atoms in total. The number of hydrogen-bond donors (Lipinski definition) is 1. The maximum atomic E-state index is 13.0. The summed E-state index contributed by atoms with van der Waals surface area (Å²) in [6.45, 7) is 3.46. The maximum Gasteiger partial charge on any atom is 0.325 e. The summed E-state index contributed by atoms with van der Waals surface area (Å²) in [5, 5.41) is 2.79. The number of aryl methyl sites for hydroxylation is 1. The lowest BCUT2D eigenvalue weighted by molar-refractivity contribution is -0.134. The first-order valence-corrected chi connectivity index (χ1v) is 9.97. The normalized spacial score (nSPS) is 23.3. The van der Waals surface area contributed by atoms with E-state index in [1.54, 1.807) is 11.8 Å². The number of fused-ring (bicyclic) bond motifs is 1. The van der Waals surface area contributed by atoms with Crippen molar-refractivity contribution in [2.75, 3.05) is 11.4 Å². The molecule has 6 heteroatoms. The largest absolute Gasteiger partial charge is 0.325 e. The number of carbonyl (C=O) groups is 3. The molecule has 2 aromatic carbocycles. The van der Waals surface area contributed by atoms with Crippen LogP contribution in [0.1, 0.15) is 31.4 Å². The fourth-order valence-corrected chi connectivity index (χ4v) is 4.26. The standard InChI is InChI=1S/C23H25N3O3/c1-16-14-18-10-6-7-11-19(18)26(16)20(27)15-25-21(28)23(2,24-22(25)29)13-12-17-8-4-3-5-9-17/h3-11,16H,12-15H2,1-2H3,(H,24,29)/t16-,23+/m1/s1. The van der Waals surface area contributed by atoms with Crippen LogP contribution in [0, 0.1) is 0 Å². The zero-order chi connectivity index (χ0) is 20.6. The van der Waals surface area contributed by atoms with E-state index in [9.17, 15) is 14.4 Å². The van der Waals surface area contributed by atoms with Crippen molar-refractivity contribution in [1.82, 2.24) is 10.2 Å². The molecule has 2 aliphatic rings. The van der Waals surface area contributed by atoms with Crippen molar-refractivity contribution < 1.29 is 14.4 Å². The second-order valence-electron chi connectivity index (χ2n) is 8.08. The molecule has 4 amide bonds. The van der Waals surface area contributed by atoms with Gasteiger partial charge in [-0.2, -0.15) is 0 Å². The van der Waals surface area contributed by atoms with Crippen LogP contribution in [0.25, 0.3) is 0 Å². The van der Waals surface area contributed by atoms with Crippen molar-refractivity contribution in [2.45, 2.75) is 44.7 Å². The first-order valence-electron chi connectivity index (χ1n) is 9.97. The highest BCUT2D eigenvalue weighted by Gasteiger charge is 2.48. The fraction of sp³-hybridized carbons (Fsp3) is 0.348. The molecule has 1 fully saturated rings. The number of hydrogen-bond acceptors (Lipinski definition) is 3. The van der Waals surface area contributed by atoms with Gasteiger partial charge in [0.05, 0.1) is 0 Å². The first-order chi connectivity index (χ1) is 13.9. The SMILES string of the molecule is C[C@@H]1Cc2ccccc2N1C(=O)CN1C(=O)N[C@@](C)(CCc2ccccc2)C1=O. The second kappa shape index (κ2) is 7.35. The summed E-state index contributed by atoms with van der Waals surface area (Å²) >= 11 is 0. The van der Waals surface area contributed by atoms with Crippen molar-refractivity contribution >= 4 is 23.5 Å². The molecule has 0 spiro atoms. The lowest BCUT2D eigenvalue weighted by atomic mass is 9.93. The average Bonchev–Trinajstić information content (AvgIpc) is 3.15. The third-order valence-corrected chi connectivity index (χ3v) is 5.87. The van der Waals surface area contributed by atoms with Crippen LogP contribution in [-0.2, 0) is 22.4 Å². The maximum absolute atomic E-state index is 13.0. The minimum absolute atomic E-state index is 0.00475. The van der Waals surface area contributed by atoms with Crippen molar-refractivity contribution in [2.24, 2.45) is 0 Å². The Morgan fingerprint density at radius 1 is 1.10 bits per heavy atom. The van der Waals surface area contributed by atoms with Gasteiger partial charge in [-0.15, -0.1) is 0 Å². The van der Waals surface area contributed by atoms with Crippen LogP contribution in [0.4, 0.5) is 10.5 Å². The van der Waals surface area contributed by atoms with Crippen LogP contribution in [0.15, 0.2) is 54.6 Å². The van der Waals surface area contributed by atoms with Gasteiger partial charge in [-0.1, -0.05) is 48.5 Å². The Balaban J connectivity index is 1.46. The predicted molar refractivity (Wildman–Crippen MR) is 111 cm³/mol. The highest BCUT2D eigenvalue weighted by atomic mass is 16.2. The van der Waals surface area contributed by atoms with Gasteiger partial charge < -0.3 is 10.2 Å². The molecule has 0 bridgehead atoms. The smallest absolute Gasteiger partial charge is 0.323 e. The van der Waals surface area contributed by atoms with Crippen LogP contribution in [-0.4, -0.2) is 40.9 Å². The topological polar surface area (TPSA) is 69.7 Å². The number of urea groups is 1. The summed E-state index contributed by atoms with van der Waals surface area (Å²) in [6.07, 6.45) is 1.92. The van der Waals surface area contributed by atoms with Crippen molar-refractivity contribution in [1.29, 1.82) is 0 Å². The Morgan fingerprint density at radius 3 is 2.55 bits per heavy atom. The van der Waals surface area contributed by atoms with E-state index < -0.39 is 11.6 Å². The number of carbonyl (C=O) groups excluding carboxylic acids is 3. The summed E-state index contributed by atoms with van der Waals surface area (Å²) in [5.41, 5.74) is 2.08. The van der Waals surface area contributed by atoms with E-state index in [-0.39, 0.29) is 24.4 Å². The molecular weight excluding hydrogens is 366 g/mol. The quantitative estimate of drug-likeness (QED) is 0.797. The third-order valence-electron chi connectivity index (χ3n) is 5.87. The molecule has 2 atom stereocenters. The Bertz CT molecular complexity index is 959. The van der Waals surface area contributed by atoms with Gasteiger partial charge in [0.15, 0.2) is 0 Å². The Hall–Kier alpha value is -3.15. The van der Waals surface area contributed by atoms with Gasteiger partial charge >= 0.3 is 6.03 Å². The summed E-state index contributed by atoms with van der Waals surface area (Å²) in [7, 11) is 0. The number of rotatable bonds is 5.